The predicted molar refractivity (Wildman–Crippen MR) is 121 cm³/mol. The minimum atomic E-state index is -0.104. The highest BCUT2D eigenvalue weighted by atomic mass is 32.1. The van der Waals surface area contributed by atoms with Crippen LogP contribution in [0.25, 0.3) is 0 Å². The van der Waals surface area contributed by atoms with Crippen LogP contribution in [-0.4, -0.2) is 19.6 Å². The molecule has 0 spiro atoms. The van der Waals surface area contributed by atoms with Crippen molar-refractivity contribution in [3.63, 3.8) is 0 Å². The molecule has 29 heavy (non-hydrogen) atoms. The van der Waals surface area contributed by atoms with E-state index in [1.165, 1.54) is 10.4 Å². The molecule has 0 fully saturated rings. The van der Waals surface area contributed by atoms with Gasteiger partial charge in [-0.2, -0.15) is 0 Å². The number of para-hydroxylation sites is 2. The zero-order valence-electron chi connectivity index (χ0n) is 17.1. The van der Waals surface area contributed by atoms with E-state index in [4.69, 9.17) is 4.74 Å². The van der Waals surface area contributed by atoms with E-state index in [9.17, 15) is 4.79 Å². The second-order valence-electron chi connectivity index (χ2n) is 7.42. The van der Waals surface area contributed by atoms with Gasteiger partial charge in [0.15, 0.2) is 0 Å². The summed E-state index contributed by atoms with van der Waals surface area (Å²) in [4.78, 5) is 13.7. The lowest BCUT2D eigenvalue weighted by Crippen LogP contribution is -2.31. The fourth-order valence-electron chi connectivity index (χ4n) is 3.29. The number of carbonyl (C=O) groups excluding carboxylic acids is 1. The van der Waals surface area contributed by atoms with E-state index in [2.05, 4.69) is 60.2 Å². The molecular formula is C24H28N2O2S. The van der Waals surface area contributed by atoms with Crippen molar-refractivity contribution in [3.8, 4) is 5.75 Å². The first kappa shape index (κ1) is 21.1. The van der Waals surface area contributed by atoms with Crippen molar-refractivity contribution in [1.29, 1.82) is 0 Å². The molecule has 2 N–H and O–H groups in total. The van der Waals surface area contributed by atoms with E-state index in [1.54, 1.807) is 18.4 Å². The minimum Gasteiger partial charge on any atom is -0.495 e. The van der Waals surface area contributed by atoms with Gasteiger partial charge in [0.2, 0.25) is 5.91 Å². The van der Waals surface area contributed by atoms with Gasteiger partial charge in [-0.1, -0.05) is 56.3 Å². The molecular weight excluding hydrogens is 380 g/mol. The zero-order chi connectivity index (χ0) is 20.6. The van der Waals surface area contributed by atoms with Crippen molar-refractivity contribution in [2.24, 2.45) is 5.92 Å². The number of amides is 1. The summed E-state index contributed by atoms with van der Waals surface area (Å²) >= 11 is 1.69. The number of hydrogen-bond donors (Lipinski definition) is 2. The summed E-state index contributed by atoms with van der Waals surface area (Å²) in [5, 5.41) is 8.40. The van der Waals surface area contributed by atoms with Crippen LogP contribution >= 0.6 is 11.3 Å². The van der Waals surface area contributed by atoms with E-state index in [0.717, 1.165) is 12.0 Å². The van der Waals surface area contributed by atoms with Crippen LogP contribution in [0.4, 0.5) is 5.69 Å². The van der Waals surface area contributed by atoms with E-state index >= 15 is 0 Å². The van der Waals surface area contributed by atoms with Gasteiger partial charge in [-0.15, -0.1) is 11.3 Å². The summed E-state index contributed by atoms with van der Waals surface area (Å²) in [6, 6.07) is 20.2. The lowest BCUT2D eigenvalue weighted by atomic mass is 9.99. The molecule has 0 aliphatic rings. The van der Waals surface area contributed by atoms with Gasteiger partial charge in [0.1, 0.15) is 5.75 Å². The first-order valence-electron chi connectivity index (χ1n) is 9.85. The summed E-state index contributed by atoms with van der Waals surface area (Å²) in [7, 11) is 1.60. The average molecular weight is 409 g/mol. The molecule has 0 aliphatic heterocycles. The normalized spacial score (nSPS) is 12.0. The second-order valence-corrected chi connectivity index (χ2v) is 8.40. The van der Waals surface area contributed by atoms with Crippen molar-refractivity contribution >= 4 is 22.9 Å². The first-order chi connectivity index (χ1) is 14.1. The molecule has 0 radical (unpaired) electrons. The molecule has 0 saturated carbocycles. The molecule has 4 nitrogen and oxygen atoms in total. The largest absolute Gasteiger partial charge is 0.495 e. The van der Waals surface area contributed by atoms with Crippen LogP contribution in [0.5, 0.6) is 5.75 Å². The van der Waals surface area contributed by atoms with Crippen LogP contribution in [-0.2, 0) is 11.2 Å². The Kier molecular flexibility index (Phi) is 7.44. The molecule has 0 saturated heterocycles. The zero-order valence-corrected chi connectivity index (χ0v) is 18.0. The third-order valence-electron chi connectivity index (χ3n) is 4.63. The van der Waals surface area contributed by atoms with Crippen LogP contribution in [0, 0.1) is 5.92 Å². The van der Waals surface area contributed by atoms with Gasteiger partial charge in [0.25, 0.3) is 0 Å². The standard InChI is InChI=1S/C24H28N2O2S/c1-17(2)15-18-10-12-19(13-11-18)24(22-9-6-14-29-22)25-16-23(27)26-20-7-4-5-8-21(20)28-3/h4-14,17,24-25H,15-16H2,1-3H3,(H,26,27)/t24-/m1/s1. The molecule has 2 aromatic carbocycles. The number of hydrogen-bond acceptors (Lipinski definition) is 4. The summed E-state index contributed by atoms with van der Waals surface area (Å²) in [5.41, 5.74) is 3.17. The maximum absolute atomic E-state index is 12.5. The average Bonchev–Trinajstić information content (AvgIpc) is 3.24. The Morgan fingerprint density at radius 2 is 1.79 bits per heavy atom. The fourth-order valence-corrected chi connectivity index (χ4v) is 4.12. The van der Waals surface area contributed by atoms with Gasteiger partial charge in [-0.05, 0) is 47.0 Å². The molecule has 1 aromatic heterocycles. The van der Waals surface area contributed by atoms with Crippen molar-refractivity contribution in [1.82, 2.24) is 5.32 Å². The molecule has 152 valence electrons. The molecule has 0 unspecified atom stereocenters. The van der Waals surface area contributed by atoms with Gasteiger partial charge in [0, 0.05) is 4.88 Å². The molecule has 1 heterocycles. The van der Waals surface area contributed by atoms with Gasteiger partial charge in [-0.25, -0.2) is 0 Å². The molecule has 3 rings (SSSR count). The summed E-state index contributed by atoms with van der Waals surface area (Å²) in [6.45, 7) is 4.66. The van der Waals surface area contributed by atoms with Gasteiger partial charge in [-0.3, -0.25) is 10.1 Å². The van der Waals surface area contributed by atoms with Crippen LogP contribution in [0.2, 0.25) is 0 Å². The van der Waals surface area contributed by atoms with Gasteiger partial charge < -0.3 is 10.1 Å². The number of rotatable bonds is 9. The first-order valence-corrected chi connectivity index (χ1v) is 10.7. The highest BCUT2D eigenvalue weighted by molar-refractivity contribution is 7.10. The molecule has 1 amide bonds. The molecule has 3 aromatic rings. The third kappa shape index (κ3) is 5.92. The van der Waals surface area contributed by atoms with Crippen LogP contribution in [0.1, 0.15) is 35.9 Å². The maximum Gasteiger partial charge on any atom is 0.238 e. The predicted octanol–water partition coefficient (Wildman–Crippen LogP) is 5.27. The monoisotopic (exact) mass is 408 g/mol. The van der Waals surface area contributed by atoms with Crippen LogP contribution in [0.3, 0.4) is 0 Å². The Morgan fingerprint density at radius 1 is 1.03 bits per heavy atom. The lowest BCUT2D eigenvalue weighted by Gasteiger charge is -2.19. The van der Waals surface area contributed by atoms with Gasteiger partial charge in [0.05, 0.1) is 25.4 Å². The number of thiophene rings is 1. The number of carbonyl (C=O) groups is 1. The van der Waals surface area contributed by atoms with Crippen molar-refractivity contribution in [3.05, 3.63) is 82.0 Å². The number of methoxy groups -OCH3 is 1. The third-order valence-corrected chi connectivity index (χ3v) is 5.57. The molecule has 0 bridgehead atoms. The SMILES string of the molecule is COc1ccccc1NC(=O)CN[C@H](c1ccc(CC(C)C)cc1)c1cccs1. The number of nitrogens with one attached hydrogen (secondary N) is 2. The molecule has 0 aliphatic carbocycles. The minimum absolute atomic E-state index is 0.0217. The topological polar surface area (TPSA) is 50.4 Å². The van der Waals surface area contributed by atoms with Crippen molar-refractivity contribution in [2.45, 2.75) is 26.3 Å². The second kappa shape index (κ2) is 10.2. The quantitative estimate of drug-likeness (QED) is 0.507. The number of ether oxygens (including phenoxy) is 1. The summed E-state index contributed by atoms with van der Waals surface area (Å²) < 4.78 is 5.31. The Hall–Kier alpha value is -2.63. The molecule has 1 atom stereocenters. The summed E-state index contributed by atoms with van der Waals surface area (Å²) in [5.74, 6) is 1.18. The smallest absolute Gasteiger partial charge is 0.238 e. The van der Waals surface area contributed by atoms with E-state index in [1.807, 2.05) is 30.3 Å². The Bertz CT molecular complexity index is 905. The molecule has 5 heteroatoms. The Labute approximate surface area is 176 Å². The lowest BCUT2D eigenvalue weighted by molar-refractivity contribution is -0.115. The van der Waals surface area contributed by atoms with E-state index in [-0.39, 0.29) is 18.5 Å². The Morgan fingerprint density at radius 3 is 2.45 bits per heavy atom. The highest BCUT2D eigenvalue weighted by Gasteiger charge is 2.17. The number of anilines is 1. The van der Waals surface area contributed by atoms with Crippen LogP contribution in [0.15, 0.2) is 66.0 Å². The van der Waals surface area contributed by atoms with Crippen molar-refractivity contribution in [2.75, 3.05) is 19.0 Å². The van der Waals surface area contributed by atoms with Gasteiger partial charge >= 0.3 is 0 Å². The fraction of sp³-hybridized carbons (Fsp3) is 0.292. The maximum atomic E-state index is 12.5. The van der Waals surface area contributed by atoms with Crippen molar-refractivity contribution < 1.29 is 9.53 Å². The Balaban J connectivity index is 1.69. The summed E-state index contributed by atoms with van der Waals surface area (Å²) in [6.07, 6.45) is 1.07. The highest BCUT2D eigenvalue weighted by Crippen LogP contribution is 2.27. The van der Waals surface area contributed by atoms with Crippen LogP contribution < -0.4 is 15.4 Å². The van der Waals surface area contributed by atoms with E-state index < -0.39 is 0 Å². The van der Waals surface area contributed by atoms with E-state index in [0.29, 0.717) is 17.4 Å². The number of benzene rings is 2.